The summed E-state index contributed by atoms with van der Waals surface area (Å²) in [4.78, 5) is 15.5. The maximum Gasteiger partial charge on any atom is 0.245 e. The molecule has 0 spiro atoms. The molecule has 0 fully saturated rings. The third-order valence-electron chi connectivity index (χ3n) is 2.00. The van der Waals surface area contributed by atoms with Gasteiger partial charge < -0.3 is 0 Å². The van der Waals surface area contributed by atoms with Crippen LogP contribution in [0.1, 0.15) is 19.5 Å². The Morgan fingerprint density at radius 1 is 1.54 bits per heavy atom. The first-order chi connectivity index (χ1) is 6.09. The van der Waals surface area contributed by atoms with Gasteiger partial charge in [-0.2, -0.15) is 0 Å². The molecule has 1 rings (SSSR count). The lowest BCUT2D eigenvalue weighted by atomic mass is 9.88. The largest absolute Gasteiger partial charge is 0.293 e. The molecule has 0 aliphatic carbocycles. The van der Waals surface area contributed by atoms with Crippen LogP contribution in [0.2, 0.25) is 0 Å². The average molecular weight is 179 g/mol. The number of hydrazine groups is 1. The quantitative estimate of drug-likeness (QED) is 0.391. The predicted molar refractivity (Wildman–Crippen MR) is 49.6 cm³/mol. The number of nitrogens with one attached hydrogen (secondary N) is 1. The number of hydrogen-bond donors (Lipinski definition) is 2. The summed E-state index contributed by atoms with van der Waals surface area (Å²) in [5.41, 5.74) is 2.15. The number of amides is 1. The molecule has 0 saturated heterocycles. The molecule has 4 heteroatoms. The van der Waals surface area contributed by atoms with Crippen LogP contribution < -0.4 is 11.3 Å². The van der Waals surface area contributed by atoms with Crippen molar-refractivity contribution < 1.29 is 4.79 Å². The highest BCUT2D eigenvalue weighted by Crippen LogP contribution is 2.19. The highest BCUT2D eigenvalue weighted by Gasteiger charge is 2.30. The fourth-order valence-electron chi connectivity index (χ4n) is 1.03. The Morgan fingerprint density at radius 2 is 2.23 bits per heavy atom. The molecule has 4 nitrogen and oxygen atoms in total. The monoisotopic (exact) mass is 179 g/mol. The van der Waals surface area contributed by atoms with Gasteiger partial charge in [0.05, 0.1) is 11.1 Å². The summed E-state index contributed by atoms with van der Waals surface area (Å²) in [6, 6.07) is 5.45. The number of rotatable bonds is 2. The molecule has 13 heavy (non-hydrogen) atoms. The third-order valence-corrected chi connectivity index (χ3v) is 2.00. The van der Waals surface area contributed by atoms with E-state index in [2.05, 4.69) is 10.4 Å². The van der Waals surface area contributed by atoms with Gasteiger partial charge in [0.25, 0.3) is 0 Å². The molecule has 1 aromatic heterocycles. The van der Waals surface area contributed by atoms with Crippen LogP contribution in [-0.4, -0.2) is 10.9 Å². The SMILES string of the molecule is CC(C)(C(=O)NN)c1ccccn1. The molecule has 1 aromatic rings. The van der Waals surface area contributed by atoms with Crippen molar-refractivity contribution in [3.05, 3.63) is 30.1 Å². The van der Waals surface area contributed by atoms with Gasteiger partial charge in [0.15, 0.2) is 0 Å². The summed E-state index contributed by atoms with van der Waals surface area (Å²) < 4.78 is 0. The molecule has 3 N–H and O–H groups in total. The molecule has 0 unspecified atom stereocenters. The molecule has 0 aromatic carbocycles. The zero-order valence-corrected chi connectivity index (χ0v) is 7.74. The van der Waals surface area contributed by atoms with E-state index < -0.39 is 5.41 Å². The van der Waals surface area contributed by atoms with E-state index in [0.29, 0.717) is 5.69 Å². The van der Waals surface area contributed by atoms with Crippen molar-refractivity contribution in [1.82, 2.24) is 10.4 Å². The number of pyridine rings is 1. The first-order valence-electron chi connectivity index (χ1n) is 4.01. The van der Waals surface area contributed by atoms with E-state index in [0.717, 1.165) is 0 Å². The van der Waals surface area contributed by atoms with Gasteiger partial charge in [0.1, 0.15) is 0 Å². The van der Waals surface area contributed by atoms with Crippen LogP contribution in [0.4, 0.5) is 0 Å². The Hall–Kier alpha value is -1.42. The Kier molecular flexibility index (Phi) is 2.63. The van der Waals surface area contributed by atoms with Gasteiger partial charge in [-0.25, -0.2) is 5.84 Å². The molecule has 1 amide bonds. The smallest absolute Gasteiger partial charge is 0.245 e. The zero-order chi connectivity index (χ0) is 9.90. The number of nitrogens with zero attached hydrogens (tertiary/aromatic N) is 1. The first kappa shape index (κ1) is 9.67. The standard InChI is InChI=1S/C9H13N3O/c1-9(2,8(13)12-10)7-5-3-4-6-11-7/h3-6H,10H2,1-2H3,(H,12,13). The molecule has 0 radical (unpaired) electrons. The number of carbonyl (C=O) groups excluding carboxylic acids is 1. The molecular weight excluding hydrogens is 166 g/mol. The second-order valence-corrected chi connectivity index (χ2v) is 3.31. The van der Waals surface area contributed by atoms with Crippen molar-refractivity contribution in [2.45, 2.75) is 19.3 Å². The van der Waals surface area contributed by atoms with E-state index in [-0.39, 0.29) is 5.91 Å². The van der Waals surface area contributed by atoms with E-state index in [1.165, 1.54) is 0 Å². The lowest BCUT2D eigenvalue weighted by molar-refractivity contribution is -0.125. The van der Waals surface area contributed by atoms with Gasteiger partial charge in [-0.15, -0.1) is 0 Å². The van der Waals surface area contributed by atoms with Crippen molar-refractivity contribution in [3.8, 4) is 0 Å². The Labute approximate surface area is 77.1 Å². The average Bonchev–Trinajstić information content (AvgIpc) is 2.18. The second-order valence-electron chi connectivity index (χ2n) is 3.31. The van der Waals surface area contributed by atoms with Crippen LogP contribution in [0.5, 0.6) is 0 Å². The molecule has 1 heterocycles. The van der Waals surface area contributed by atoms with Gasteiger partial charge in [-0.1, -0.05) is 6.07 Å². The number of aromatic nitrogens is 1. The van der Waals surface area contributed by atoms with Crippen LogP contribution in [0.3, 0.4) is 0 Å². The molecular formula is C9H13N3O. The highest BCUT2D eigenvalue weighted by atomic mass is 16.2. The topological polar surface area (TPSA) is 68.0 Å². The second kappa shape index (κ2) is 3.53. The lowest BCUT2D eigenvalue weighted by Gasteiger charge is -2.21. The molecule has 0 aliphatic rings. The normalized spacial score (nSPS) is 11.0. The van der Waals surface area contributed by atoms with Gasteiger partial charge >= 0.3 is 0 Å². The summed E-state index contributed by atoms with van der Waals surface area (Å²) in [7, 11) is 0. The van der Waals surface area contributed by atoms with E-state index in [1.807, 2.05) is 6.07 Å². The molecule has 0 atom stereocenters. The van der Waals surface area contributed by atoms with Crippen LogP contribution in [0.25, 0.3) is 0 Å². The summed E-state index contributed by atoms with van der Waals surface area (Å²) >= 11 is 0. The van der Waals surface area contributed by atoms with Crippen molar-refractivity contribution in [2.24, 2.45) is 5.84 Å². The molecule has 0 saturated carbocycles. The number of nitrogens with two attached hydrogens (primary N) is 1. The molecule has 0 aliphatic heterocycles. The van der Waals surface area contributed by atoms with Gasteiger partial charge in [-0.3, -0.25) is 15.2 Å². The van der Waals surface area contributed by atoms with Crippen molar-refractivity contribution in [1.29, 1.82) is 0 Å². The van der Waals surface area contributed by atoms with Crippen LogP contribution >= 0.6 is 0 Å². The van der Waals surface area contributed by atoms with Gasteiger partial charge in [0.2, 0.25) is 5.91 Å². The molecule has 0 bridgehead atoms. The Bertz CT molecular complexity index is 295. The van der Waals surface area contributed by atoms with E-state index in [1.54, 1.807) is 32.2 Å². The predicted octanol–water partition coefficient (Wildman–Crippen LogP) is 0.349. The fraction of sp³-hybridized carbons (Fsp3) is 0.333. The van der Waals surface area contributed by atoms with Crippen molar-refractivity contribution in [2.75, 3.05) is 0 Å². The van der Waals surface area contributed by atoms with Crippen LogP contribution in [-0.2, 0) is 10.2 Å². The Morgan fingerprint density at radius 3 is 2.69 bits per heavy atom. The van der Waals surface area contributed by atoms with Crippen molar-refractivity contribution in [3.63, 3.8) is 0 Å². The Balaban J connectivity index is 3.00. The maximum absolute atomic E-state index is 11.4. The summed E-state index contributed by atoms with van der Waals surface area (Å²) in [6.07, 6.45) is 1.65. The highest BCUT2D eigenvalue weighted by molar-refractivity contribution is 5.86. The maximum atomic E-state index is 11.4. The summed E-state index contributed by atoms with van der Waals surface area (Å²) in [6.45, 7) is 3.55. The third kappa shape index (κ3) is 1.84. The number of hydrogen-bond acceptors (Lipinski definition) is 3. The summed E-state index contributed by atoms with van der Waals surface area (Å²) in [5.74, 6) is 4.82. The van der Waals surface area contributed by atoms with Crippen LogP contribution in [0.15, 0.2) is 24.4 Å². The van der Waals surface area contributed by atoms with Gasteiger partial charge in [0, 0.05) is 6.20 Å². The minimum atomic E-state index is -0.685. The first-order valence-corrected chi connectivity index (χ1v) is 4.01. The van der Waals surface area contributed by atoms with Gasteiger partial charge in [-0.05, 0) is 26.0 Å². The van der Waals surface area contributed by atoms with Crippen molar-refractivity contribution >= 4 is 5.91 Å². The minimum absolute atomic E-state index is 0.244. The zero-order valence-electron chi connectivity index (χ0n) is 7.74. The number of carbonyl (C=O) groups is 1. The van der Waals surface area contributed by atoms with Crippen LogP contribution in [0, 0.1) is 0 Å². The fourth-order valence-corrected chi connectivity index (χ4v) is 1.03. The lowest BCUT2D eigenvalue weighted by Crippen LogP contribution is -2.44. The van der Waals surface area contributed by atoms with E-state index in [4.69, 9.17) is 5.84 Å². The summed E-state index contributed by atoms with van der Waals surface area (Å²) in [5, 5.41) is 0. The molecule has 70 valence electrons. The van der Waals surface area contributed by atoms with E-state index >= 15 is 0 Å². The minimum Gasteiger partial charge on any atom is -0.293 e. The van der Waals surface area contributed by atoms with E-state index in [9.17, 15) is 4.79 Å².